The molecular formula is C16H16FNO2S. The SMILES string of the molecule is Nc1cccc(F)c1CSc1ccc2c(c1)OCCCO2. The number of thioether (sulfide) groups is 1. The minimum atomic E-state index is -0.267. The van der Waals surface area contributed by atoms with Gasteiger partial charge in [0.15, 0.2) is 11.5 Å². The molecule has 21 heavy (non-hydrogen) atoms. The van der Waals surface area contributed by atoms with Crippen LogP contribution in [0.2, 0.25) is 0 Å². The van der Waals surface area contributed by atoms with Crippen LogP contribution in [0.4, 0.5) is 10.1 Å². The van der Waals surface area contributed by atoms with Crippen molar-refractivity contribution in [2.24, 2.45) is 0 Å². The summed E-state index contributed by atoms with van der Waals surface area (Å²) in [6, 6.07) is 10.5. The molecule has 0 atom stereocenters. The van der Waals surface area contributed by atoms with Crippen molar-refractivity contribution in [1.82, 2.24) is 0 Å². The van der Waals surface area contributed by atoms with E-state index in [9.17, 15) is 4.39 Å². The lowest BCUT2D eigenvalue weighted by Crippen LogP contribution is -1.97. The van der Waals surface area contributed by atoms with Gasteiger partial charge in [0.05, 0.1) is 13.2 Å². The highest BCUT2D eigenvalue weighted by Crippen LogP contribution is 2.35. The summed E-state index contributed by atoms with van der Waals surface area (Å²) in [5, 5.41) is 0. The first-order valence-corrected chi connectivity index (χ1v) is 7.78. The highest BCUT2D eigenvalue weighted by molar-refractivity contribution is 7.98. The van der Waals surface area contributed by atoms with Crippen LogP contribution in [0.1, 0.15) is 12.0 Å². The van der Waals surface area contributed by atoms with Gasteiger partial charge >= 0.3 is 0 Å². The van der Waals surface area contributed by atoms with Crippen molar-refractivity contribution in [1.29, 1.82) is 0 Å². The molecule has 3 rings (SSSR count). The predicted octanol–water partition coefficient (Wildman–Crippen LogP) is 3.86. The van der Waals surface area contributed by atoms with E-state index in [1.807, 2.05) is 18.2 Å². The lowest BCUT2D eigenvalue weighted by Gasteiger charge is -2.10. The van der Waals surface area contributed by atoms with Crippen LogP contribution in [0.15, 0.2) is 41.3 Å². The standard InChI is InChI=1S/C16H16FNO2S/c17-13-3-1-4-14(18)12(13)10-21-11-5-6-15-16(9-11)20-8-2-7-19-15/h1,3-6,9H,2,7-8,10,18H2. The number of benzene rings is 2. The minimum absolute atomic E-state index is 0.267. The third-order valence-electron chi connectivity index (χ3n) is 3.26. The summed E-state index contributed by atoms with van der Waals surface area (Å²) in [6.07, 6.45) is 0.878. The van der Waals surface area contributed by atoms with Gasteiger partial charge in [-0.05, 0) is 30.3 Å². The van der Waals surface area contributed by atoms with E-state index in [4.69, 9.17) is 15.2 Å². The van der Waals surface area contributed by atoms with E-state index in [1.165, 1.54) is 17.8 Å². The van der Waals surface area contributed by atoms with Gasteiger partial charge in [0.1, 0.15) is 5.82 Å². The molecule has 0 saturated heterocycles. The number of ether oxygens (including phenoxy) is 2. The first-order chi connectivity index (χ1) is 10.2. The van der Waals surface area contributed by atoms with E-state index >= 15 is 0 Å². The van der Waals surface area contributed by atoms with Crippen molar-refractivity contribution in [2.45, 2.75) is 17.1 Å². The van der Waals surface area contributed by atoms with Crippen LogP contribution in [0.3, 0.4) is 0 Å². The summed E-state index contributed by atoms with van der Waals surface area (Å²) in [6.45, 7) is 1.33. The summed E-state index contributed by atoms with van der Waals surface area (Å²) < 4.78 is 25.0. The maximum absolute atomic E-state index is 13.7. The van der Waals surface area contributed by atoms with Crippen LogP contribution in [-0.4, -0.2) is 13.2 Å². The average molecular weight is 305 g/mol. The molecule has 1 heterocycles. The van der Waals surface area contributed by atoms with E-state index in [0.717, 1.165) is 22.8 Å². The molecule has 0 bridgehead atoms. The Morgan fingerprint density at radius 3 is 2.71 bits per heavy atom. The fraction of sp³-hybridized carbons (Fsp3) is 0.250. The van der Waals surface area contributed by atoms with Gasteiger partial charge in [-0.1, -0.05) is 6.07 Å². The number of nitrogens with two attached hydrogens (primary N) is 1. The summed E-state index contributed by atoms with van der Waals surface area (Å²) in [5.41, 5.74) is 6.84. The molecule has 1 aliphatic rings. The highest BCUT2D eigenvalue weighted by atomic mass is 32.2. The summed E-state index contributed by atoms with van der Waals surface area (Å²) in [7, 11) is 0. The fourth-order valence-electron chi connectivity index (χ4n) is 2.12. The lowest BCUT2D eigenvalue weighted by molar-refractivity contribution is 0.297. The Bertz CT molecular complexity index is 628. The Balaban J connectivity index is 1.75. The predicted molar refractivity (Wildman–Crippen MR) is 82.4 cm³/mol. The molecule has 1 aliphatic heterocycles. The van der Waals surface area contributed by atoms with Crippen LogP contribution in [0.25, 0.3) is 0 Å². The molecule has 3 nitrogen and oxygen atoms in total. The van der Waals surface area contributed by atoms with Crippen molar-refractivity contribution in [3.8, 4) is 11.5 Å². The van der Waals surface area contributed by atoms with E-state index in [0.29, 0.717) is 30.2 Å². The molecule has 0 radical (unpaired) electrons. The van der Waals surface area contributed by atoms with Crippen molar-refractivity contribution in [2.75, 3.05) is 18.9 Å². The molecule has 5 heteroatoms. The highest BCUT2D eigenvalue weighted by Gasteiger charge is 2.12. The lowest BCUT2D eigenvalue weighted by atomic mass is 10.2. The maximum atomic E-state index is 13.7. The Morgan fingerprint density at radius 1 is 1.10 bits per heavy atom. The van der Waals surface area contributed by atoms with Gasteiger partial charge in [-0.25, -0.2) is 4.39 Å². The van der Waals surface area contributed by atoms with Gasteiger partial charge in [0, 0.05) is 28.3 Å². The summed E-state index contributed by atoms with van der Waals surface area (Å²) in [5.74, 6) is 1.73. The van der Waals surface area contributed by atoms with Crippen molar-refractivity contribution < 1.29 is 13.9 Å². The van der Waals surface area contributed by atoms with E-state index < -0.39 is 0 Å². The number of halogens is 1. The zero-order chi connectivity index (χ0) is 14.7. The van der Waals surface area contributed by atoms with Gasteiger partial charge in [-0.3, -0.25) is 0 Å². The van der Waals surface area contributed by atoms with Gasteiger partial charge in [0.25, 0.3) is 0 Å². The Labute approximate surface area is 127 Å². The van der Waals surface area contributed by atoms with Crippen LogP contribution in [-0.2, 0) is 5.75 Å². The van der Waals surface area contributed by atoms with Crippen LogP contribution >= 0.6 is 11.8 Å². The quantitative estimate of drug-likeness (QED) is 0.691. The van der Waals surface area contributed by atoms with E-state index in [2.05, 4.69) is 0 Å². The average Bonchev–Trinajstić information content (AvgIpc) is 2.71. The molecule has 0 saturated carbocycles. The molecule has 0 aliphatic carbocycles. The number of anilines is 1. The molecule has 0 spiro atoms. The van der Waals surface area contributed by atoms with E-state index in [1.54, 1.807) is 12.1 Å². The van der Waals surface area contributed by atoms with Gasteiger partial charge in [-0.2, -0.15) is 0 Å². The maximum Gasteiger partial charge on any atom is 0.162 e. The third kappa shape index (κ3) is 3.24. The minimum Gasteiger partial charge on any atom is -0.490 e. The fourth-order valence-corrected chi connectivity index (χ4v) is 3.09. The molecular weight excluding hydrogens is 289 g/mol. The van der Waals surface area contributed by atoms with Crippen LogP contribution in [0.5, 0.6) is 11.5 Å². The number of hydrogen-bond donors (Lipinski definition) is 1. The number of fused-ring (bicyclic) bond motifs is 1. The Morgan fingerprint density at radius 2 is 1.90 bits per heavy atom. The van der Waals surface area contributed by atoms with Gasteiger partial charge in [0.2, 0.25) is 0 Å². The molecule has 0 fully saturated rings. The van der Waals surface area contributed by atoms with E-state index in [-0.39, 0.29) is 5.82 Å². The monoisotopic (exact) mass is 305 g/mol. The molecule has 0 aromatic heterocycles. The zero-order valence-corrected chi connectivity index (χ0v) is 12.3. The molecule has 2 aromatic carbocycles. The zero-order valence-electron chi connectivity index (χ0n) is 11.5. The van der Waals surface area contributed by atoms with Crippen LogP contribution < -0.4 is 15.2 Å². The first kappa shape index (κ1) is 14.1. The number of hydrogen-bond acceptors (Lipinski definition) is 4. The second kappa shape index (κ2) is 6.26. The van der Waals surface area contributed by atoms with Crippen molar-refractivity contribution in [3.05, 3.63) is 47.8 Å². The summed E-state index contributed by atoms with van der Waals surface area (Å²) in [4.78, 5) is 1.00. The van der Waals surface area contributed by atoms with Crippen molar-refractivity contribution >= 4 is 17.4 Å². The summed E-state index contributed by atoms with van der Waals surface area (Å²) >= 11 is 1.53. The molecule has 2 aromatic rings. The molecule has 110 valence electrons. The Hall–Kier alpha value is -1.88. The molecule has 0 unspecified atom stereocenters. The number of nitrogen functional groups attached to an aromatic ring is 1. The topological polar surface area (TPSA) is 44.5 Å². The molecule has 2 N–H and O–H groups in total. The van der Waals surface area contributed by atoms with Crippen molar-refractivity contribution in [3.63, 3.8) is 0 Å². The normalized spacial score (nSPS) is 13.8. The third-order valence-corrected chi connectivity index (χ3v) is 4.28. The Kier molecular flexibility index (Phi) is 4.20. The second-order valence-corrected chi connectivity index (χ2v) is 5.80. The molecule has 0 amide bonds. The second-order valence-electron chi connectivity index (χ2n) is 4.76. The van der Waals surface area contributed by atoms with Gasteiger partial charge in [-0.15, -0.1) is 11.8 Å². The largest absolute Gasteiger partial charge is 0.490 e. The van der Waals surface area contributed by atoms with Gasteiger partial charge < -0.3 is 15.2 Å². The number of rotatable bonds is 3. The smallest absolute Gasteiger partial charge is 0.162 e. The van der Waals surface area contributed by atoms with Crippen LogP contribution in [0, 0.1) is 5.82 Å². The first-order valence-electron chi connectivity index (χ1n) is 6.79.